The van der Waals surface area contributed by atoms with Crippen LogP contribution in [0.15, 0.2) is 49.1 Å². The fourth-order valence-electron chi connectivity index (χ4n) is 4.92. The van der Waals surface area contributed by atoms with Crippen LogP contribution in [-0.2, 0) is 19.0 Å². The normalized spacial score (nSPS) is 23.7. The number of benzene rings is 1. The number of fused-ring (bicyclic) bond motifs is 2. The van der Waals surface area contributed by atoms with Gasteiger partial charge in [0.2, 0.25) is 0 Å². The number of urea groups is 1. The number of carboxylic acids is 1. The molecule has 4 N–H and O–H groups in total. The third-order valence-electron chi connectivity index (χ3n) is 6.64. The number of imidazole rings is 1. The van der Waals surface area contributed by atoms with Crippen molar-refractivity contribution < 1.29 is 33.7 Å². The van der Waals surface area contributed by atoms with Gasteiger partial charge in [-0.2, -0.15) is 0 Å². The Labute approximate surface area is 228 Å². The summed E-state index contributed by atoms with van der Waals surface area (Å²) in [4.78, 5) is 47.9. The van der Waals surface area contributed by atoms with Gasteiger partial charge in [0, 0.05) is 12.5 Å². The number of carbonyl (C=O) groups excluding carboxylic acids is 2. The van der Waals surface area contributed by atoms with Crippen molar-refractivity contribution in [2.24, 2.45) is 5.92 Å². The monoisotopic (exact) mass is 551 g/mol. The maximum Gasteiger partial charge on any atom is 0.407 e. The number of carboxylic acid groups (broad SMARTS) is 1. The zero-order valence-electron chi connectivity index (χ0n) is 21.6. The van der Waals surface area contributed by atoms with E-state index in [1.165, 1.54) is 6.33 Å². The van der Waals surface area contributed by atoms with Crippen molar-refractivity contribution in [3.05, 3.63) is 54.6 Å². The van der Waals surface area contributed by atoms with Crippen LogP contribution in [0.25, 0.3) is 17.2 Å². The standard InChI is InChI=1S/C26H29N7O7/c1-2-27-25(36)32-23-20-24(30-13-29-23)33(14-31-20)17-10-16(12-38-26(37)28-11-18(34)35)21-22(17)40-19(39-21)9-8-15-6-4-3-5-7-15/h3-9,13-14,16-17,19,21-22H,2,10-12H2,1H3,(H,28,37)(H,34,35)(H2,27,29,30,32,36)/b9-8+/t16?,17?,19-,21?,22?/m0/s1. The summed E-state index contributed by atoms with van der Waals surface area (Å²) in [5.41, 5.74) is 1.90. The molecule has 0 radical (unpaired) electrons. The SMILES string of the molecule is CCNC(=O)Nc1ncnc2c1ncn2C1CC(COC(=O)NCC(=O)O)C2O[C@H](/C=C/c3ccccc3)OC21. The van der Waals surface area contributed by atoms with Crippen LogP contribution in [0.3, 0.4) is 0 Å². The summed E-state index contributed by atoms with van der Waals surface area (Å²) in [6.07, 6.45) is 4.89. The second-order valence-electron chi connectivity index (χ2n) is 9.28. The first-order valence-corrected chi connectivity index (χ1v) is 12.8. The zero-order chi connectivity index (χ0) is 28.1. The van der Waals surface area contributed by atoms with Gasteiger partial charge in [-0.25, -0.2) is 24.5 Å². The third-order valence-corrected chi connectivity index (χ3v) is 6.64. The molecule has 2 fully saturated rings. The van der Waals surface area contributed by atoms with Gasteiger partial charge in [0.1, 0.15) is 19.0 Å². The summed E-state index contributed by atoms with van der Waals surface area (Å²) in [5, 5.41) is 16.3. The second kappa shape index (κ2) is 12.1. The Hall–Kier alpha value is -4.56. The average molecular weight is 552 g/mol. The lowest BCUT2D eigenvalue weighted by Gasteiger charge is -2.19. The molecule has 3 heterocycles. The molecular formula is C26H29N7O7. The van der Waals surface area contributed by atoms with E-state index >= 15 is 0 Å². The molecule has 2 aliphatic rings. The molecular weight excluding hydrogens is 522 g/mol. The Bertz CT molecular complexity index is 1400. The maximum atomic E-state index is 12.1. The zero-order valence-corrected chi connectivity index (χ0v) is 21.6. The fourth-order valence-corrected chi connectivity index (χ4v) is 4.92. The number of aromatic nitrogens is 4. The fraction of sp³-hybridized carbons (Fsp3) is 0.385. The lowest BCUT2D eigenvalue weighted by Crippen LogP contribution is -2.33. The minimum atomic E-state index is -1.17. The number of anilines is 1. The average Bonchev–Trinajstić information content (AvgIpc) is 3.64. The van der Waals surface area contributed by atoms with Crippen LogP contribution in [0, 0.1) is 5.92 Å². The van der Waals surface area contributed by atoms with Crippen LogP contribution in [0.5, 0.6) is 0 Å². The van der Waals surface area contributed by atoms with Gasteiger partial charge >= 0.3 is 18.1 Å². The van der Waals surface area contributed by atoms with Crippen LogP contribution >= 0.6 is 0 Å². The molecule has 5 rings (SSSR count). The van der Waals surface area contributed by atoms with E-state index in [2.05, 4.69) is 30.9 Å². The van der Waals surface area contributed by atoms with Gasteiger partial charge in [0.15, 0.2) is 23.3 Å². The van der Waals surface area contributed by atoms with Gasteiger partial charge in [-0.15, -0.1) is 0 Å². The lowest BCUT2D eigenvalue weighted by molar-refractivity contribution is -0.135. The van der Waals surface area contributed by atoms with Gasteiger partial charge in [-0.3, -0.25) is 10.1 Å². The first kappa shape index (κ1) is 27.0. The van der Waals surface area contributed by atoms with Crippen molar-refractivity contribution in [3.8, 4) is 0 Å². The summed E-state index contributed by atoms with van der Waals surface area (Å²) < 4.78 is 19.7. The third kappa shape index (κ3) is 6.02. The molecule has 4 unspecified atom stereocenters. The highest BCUT2D eigenvalue weighted by Crippen LogP contribution is 2.45. The first-order valence-electron chi connectivity index (χ1n) is 12.8. The minimum absolute atomic E-state index is 0.00674. The van der Waals surface area contributed by atoms with Gasteiger partial charge < -0.3 is 34.5 Å². The summed E-state index contributed by atoms with van der Waals surface area (Å²) >= 11 is 0. The number of hydrogen-bond acceptors (Lipinski definition) is 9. The number of hydrogen-bond donors (Lipinski definition) is 4. The highest BCUT2D eigenvalue weighted by molar-refractivity contribution is 5.95. The molecule has 14 heteroatoms. The van der Waals surface area contributed by atoms with E-state index in [4.69, 9.17) is 19.3 Å². The Morgan fingerprint density at radius 2 is 1.93 bits per heavy atom. The topological polar surface area (TPSA) is 179 Å². The molecule has 2 aromatic heterocycles. The molecule has 3 aromatic rings. The molecule has 14 nitrogen and oxygen atoms in total. The Morgan fingerprint density at radius 1 is 1.12 bits per heavy atom. The Balaban J connectivity index is 1.37. The van der Waals surface area contributed by atoms with Crippen LogP contribution in [0.1, 0.15) is 24.9 Å². The van der Waals surface area contributed by atoms with E-state index in [0.717, 1.165) is 5.56 Å². The van der Waals surface area contributed by atoms with E-state index in [1.807, 2.05) is 54.0 Å². The van der Waals surface area contributed by atoms with E-state index in [1.54, 1.807) is 6.33 Å². The van der Waals surface area contributed by atoms with Crippen LogP contribution in [-0.4, -0.2) is 80.9 Å². The van der Waals surface area contributed by atoms with Crippen LogP contribution < -0.4 is 16.0 Å². The maximum absolute atomic E-state index is 12.1. The van der Waals surface area contributed by atoms with E-state index in [-0.39, 0.29) is 24.4 Å². The number of nitrogens with zero attached hydrogens (tertiary/aromatic N) is 4. The van der Waals surface area contributed by atoms with E-state index in [0.29, 0.717) is 24.1 Å². The summed E-state index contributed by atoms with van der Waals surface area (Å²) in [7, 11) is 0. The molecule has 1 aliphatic carbocycles. The lowest BCUT2D eigenvalue weighted by atomic mass is 10.1. The van der Waals surface area contributed by atoms with Crippen molar-refractivity contribution in [1.82, 2.24) is 30.2 Å². The van der Waals surface area contributed by atoms with Crippen molar-refractivity contribution >= 4 is 41.2 Å². The summed E-state index contributed by atoms with van der Waals surface area (Å²) in [6, 6.07) is 9.04. The minimum Gasteiger partial charge on any atom is -0.480 e. The molecule has 210 valence electrons. The van der Waals surface area contributed by atoms with Crippen molar-refractivity contribution in [2.45, 2.75) is 37.9 Å². The van der Waals surface area contributed by atoms with E-state index in [9.17, 15) is 14.4 Å². The number of nitrogens with one attached hydrogen (secondary N) is 3. The summed E-state index contributed by atoms with van der Waals surface area (Å²) in [5.74, 6) is -1.16. The predicted octanol–water partition coefficient (Wildman–Crippen LogP) is 2.16. The molecule has 3 amide bonds. The number of carbonyl (C=O) groups is 3. The van der Waals surface area contributed by atoms with Crippen LogP contribution in [0.4, 0.5) is 15.4 Å². The summed E-state index contributed by atoms with van der Waals surface area (Å²) in [6.45, 7) is 1.71. The number of amides is 3. The molecule has 1 aromatic carbocycles. The van der Waals surface area contributed by atoms with Gasteiger partial charge in [0.05, 0.1) is 25.1 Å². The number of alkyl carbamates (subject to hydrolysis) is 1. The highest BCUT2D eigenvalue weighted by atomic mass is 16.7. The van der Waals surface area contributed by atoms with Crippen LogP contribution in [0.2, 0.25) is 0 Å². The molecule has 5 atom stereocenters. The van der Waals surface area contributed by atoms with Gasteiger partial charge in [0.25, 0.3) is 0 Å². The molecule has 1 saturated heterocycles. The Kier molecular flexibility index (Phi) is 8.17. The van der Waals surface area contributed by atoms with Crippen molar-refractivity contribution in [1.29, 1.82) is 0 Å². The molecule has 40 heavy (non-hydrogen) atoms. The Morgan fingerprint density at radius 3 is 2.70 bits per heavy atom. The second-order valence-corrected chi connectivity index (χ2v) is 9.28. The quantitative estimate of drug-likeness (QED) is 0.308. The van der Waals surface area contributed by atoms with E-state index < -0.39 is 43.1 Å². The predicted molar refractivity (Wildman–Crippen MR) is 141 cm³/mol. The van der Waals surface area contributed by atoms with Crippen molar-refractivity contribution in [2.75, 3.05) is 25.0 Å². The van der Waals surface area contributed by atoms with Gasteiger partial charge in [-0.1, -0.05) is 36.4 Å². The first-order chi connectivity index (χ1) is 19.4. The number of ether oxygens (including phenoxy) is 3. The molecule has 0 bridgehead atoms. The molecule has 1 saturated carbocycles. The number of rotatable bonds is 9. The molecule has 0 spiro atoms. The molecule has 1 aliphatic heterocycles. The van der Waals surface area contributed by atoms with Crippen molar-refractivity contribution in [3.63, 3.8) is 0 Å². The number of aliphatic carboxylic acids is 1. The highest BCUT2D eigenvalue weighted by Gasteiger charge is 2.52. The largest absolute Gasteiger partial charge is 0.480 e. The van der Waals surface area contributed by atoms with Gasteiger partial charge in [-0.05, 0) is 25.0 Å². The smallest absolute Gasteiger partial charge is 0.407 e.